The Labute approximate surface area is 114 Å². The van der Waals surface area contributed by atoms with Gasteiger partial charge < -0.3 is 16.0 Å². The Balaban J connectivity index is 0.00000133. The van der Waals surface area contributed by atoms with E-state index in [4.69, 9.17) is 11.5 Å². The van der Waals surface area contributed by atoms with E-state index in [0.717, 1.165) is 16.5 Å². The molecule has 6 heteroatoms. The van der Waals surface area contributed by atoms with Crippen molar-refractivity contribution in [2.24, 2.45) is 5.73 Å². The molecule has 1 aromatic heterocycles. The lowest BCUT2D eigenvalue weighted by Gasteiger charge is -2.10. The summed E-state index contributed by atoms with van der Waals surface area (Å²) in [6.45, 7) is 0.419. The fourth-order valence-electron chi connectivity index (χ4n) is 2.13. The monoisotopic (exact) mass is 277 g/mol. The molecule has 0 saturated carbocycles. The highest BCUT2D eigenvalue weighted by molar-refractivity contribution is 5.85. The summed E-state index contributed by atoms with van der Waals surface area (Å²) in [7, 11) is 0. The predicted octanol–water partition coefficient (Wildman–Crippen LogP) is 0.689. The van der Waals surface area contributed by atoms with Crippen LogP contribution in [0.25, 0.3) is 16.6 Å². The quantitative estimate of drug-likeness (QED) is 0.674. The summed E-state index contributed by atoms with van der Waals surface area (Å²) in [5, 5.41) is 0.972. The van der Waals surface area contributed by atoms with Crippen molar-refractivity contribution in [1.29, 1.82) is 0 Å². The first-order valence-electron chi connectivity index (χ1n) is 5.52. The smallest absolute Gasteiger partial charge is 0.254 e. The van der Waals surface area contributed by atoms with Crippen molar-refractivity contribution in [2.45, 2.75) is 6.54 Å². The third kappa shape index (κ3) is 1.75. The minimum Gasteiger partial charge on any atom is -0.394 e. The molecule has 0 unspecified atom stereocenters. The Morgan fingerprint density at radius 3 is 2.47 bits per heavy atom. The fraction of sp³-hybridized carbons (Fsp3) is 0.0769. The predicted molar refractivity (Wildman–Crippen MR) is 77.7 cm³/mol. The fourth-order valence-corrected chi connectivity index (χ4v) is 2.13. The van der Waals surface area contributed by atoms with Crippen LogP contribution in [0.2, 0.25) is 0 Å². The maximum atomic E-state index is 11.5. The van der Waals surface area contributed by atoms with Gasteiger partial charge >= 0.3 is 0 Å². The minimum atomic E-state index is -0.609. The first-order chi connectivity index (χ1) is 8.63. The molecule has 0 aliphatic heterocycles. The van der Waals surface area contributed by atoms with Gasteiger partial charge in [0.1, 0.15) is 11.4 Å². The van der Waals surface area contributed by atoms with E-state index in [-0.39, 0.29) is 23.8 Å². The number of rotatable bonds is 2. The van der Waals surface area contributed by atoms with Crippen LogP contribution in [0.4, 0.5) is 5.69 Å². The summed E-state index contributed by atoms with van der Waals surface area (Å²) in [5.41, 5.74) is 12.1. The van der Waals surface area contributed by atoms with Gasteiger partial charge in [0, 0.05) is 12.7 Å². The topological polar surface area (TPSA) is 91.1 Å². The van der Waals surface area contributed by atoms with E-state index in [1.807, 2.05) is 24.3 Å². The van der Waals surface area contributed by atoms with Crippen molar-refractivity contribution in [1.82, 2.24) is 4.57 Å². The van der Waals surface area contributed by atoms with Gasteiger partial charge in [-0.25, -0.2) is 0 Å². The second kappa shape index (κ2) is 4.53. The molecule has 0 fully saturated rings. The number of fused-ring (bicyclic) bond motifs is 1. The van der Waals surface area contributed by atoms with Crippen LogP contribution in [0.3, 0.4) is 0 Å². The maximum Gasteiger partial charge on any atom is 0.254 e. The second-order valence-electron chi connectivity index (χ2n) is 4.20. The standard InChI is InChI=1S/C13H11N3O2.ClH/c14-6-7-1-2-8-3-4-16(9(8)5-7)11-10(15)12(17)13(11)18;/h1-5H,6,14-15H2;1H. The number of anilines is 1. The molecule has 0 aliphatic rings. The Morgan fingerprint density at radius 2 is 1.84 bits per heavy atom. The highest BCUT2D eigenvalue weighted by Crippen LogP contribution is 2.22. The number of aromatic nitrogens is 1. The zero-order valence-electron chi connectivity index (χ0n) is 9.92. The molecule has 0 bridgehead atoms. The van der Waals surface area contributed by atoms with Gasteiger partial charge in [0.15, 0.2) is 0 Å². The molecule has 3 rings (SSSR count). The van der Waals surface area contributed by atoms with Gasteiger partial charge in [-0.05, 0) is 23.1 Å². The molecule has 0 atom stereocenters. The Hall–Kier alpha value is -2.11. The second-order valence-corrected chi connectivity index (χ2v) is 4.20. The van der Waals surface area contributed by atoms with E-state index < -0.39 is 10.9 Å². The molecule has 98 valence electrons. The number of hydrogen-bond donors (Lipinski definition) is 2. The molecule has 0 radical (unpaired) electrons. The third-order valence-corrected chi connectivity index (χ3v) is 3.16. The molecule has 0 aliphatic carbocycles. The normalized spacial score (nSPS) is 10.8. The van der Waals surface area contributed by atoms with Gasteiger partial charge in [0.2, 0.25) is 0 Å². The number of nitrogen functional groups attached to an aromatic ring is 1. The maximum absolute atomic E-state index is 11.5. The highest BCUT2D eigenvalue weighted by Gasteiger charge is 2.20. The van der Waals surface area contributed by atoms with Crippen LogP contribution in [0.1, 0.15) is 5.56 Å². The highest BCUT2D eigenvalue weighted by atomic mass is 35.5. The van der Waals surface area contributed by atoms with Gasteiger partial charge in [-0.2, -0.15) is 0 Å². The van der Waals surface area contributed by atoms with Crippen LogP contribution in [0.5, 0.6) is 0 Å². The number of benzene rings is 1. The number of hydrogen-bond acceptors (Lipinski definition) is 4. The van der Waals surface area contributed by atoms with E-state index in [1.165, 1.54) is 0 Å². The van der Waals surface area contributed by atoms with Gasteiger partial charge in [-0.1, -0.05) is 12.1 Å². The molecular formula is C13H12ClN3O2. The molecule has 5 nitrogen and oxygen atoms in total. The summed E-state index contributed by atoms with van der Waals surface area (Å²) in [6, 6.07) is 7.62. The van der Waals surface area contributed by atoms with Gasteiger partial charge in [-0.15, -0.1) is 12.4 Å². The average molecular weight is 278 g/mol. The van der Waals surface area contributed by atoms with Crippen molar-refractivity contribution in [3.63, 3.8) is 0 Å². The molecule has 0 amide bonds. The van der Waals surface area contributed by atoms with Crippen molar-refractivity contribution in [2.75, 3.05) is 5.73 Å². The zero-order chi connectivity index (χ0) is 12.9. The summed E-state index contributed by atoms with van der Waals surface area (Å²) < 4.78 is 1.65. The third-order valence-electron chi connectivity index (χ3n) is 3.16. The number of nitrogens with two attached hydrogens (primary N) is 2. The molecule has 4 N–H and O–H groups in total. The van der Waals surface area contributed by atoms with Crippen LogP contribution in [-0.2, 0) is 6.54 Å². The van der Waals surface area contributed by atoms with E-state index in [1.54, 1.807) is 10.8 Å². The van der Waals surface area contributed by atoms with Gasteiger partial charge in [-0.3, -0.25) is 9.59 Å². The van der Waals surface area contributed by atoms with E-state index in [0.29, 0.717) is 6.54 Å². The van der Waals surface area contributed by atoms with Crippen LogP contribution in [-0.4, -0.2) is 4.57 Å². The Bertz CT molecular complexity index is 828. The first kappa shape index (κ1) is 13.3. The molecule has 3 aromatic rings. The zero-order valence-corrected chi connectivity index (χ0v) is 10.7. The van der Waals surface area contributed by atoms with Gasteiger partial charge in [0.05, 0.1) is 5.52 Å². The lowest BCUT2D eigenvalue weighted by Crippen LogP contribution is -2.38. The minimum absolute atomic E-state index is 0. The summed E-state index contributed by atoms with van der Waals surface area (Å²) in [6.07, 6.45) is 1.73. The lowest BCUT2D eigenvalue weighted by atomic mass is 10.1. The molecule has 19 heavy (non-hydrogen) atoms. The van der Waals surface area contributed by atoms with Crippen molar-refractivity contribution in [3.8, 4) is 5.69 Å². The molecule has 1 heterocycles. The largest absolute Gasteiger partial charge is 0.394 e. The van der Waals surface area contributed by atoms with Gasteiger partial charge in [0.25, 0.3) is 10.9 Å². The van der Waals surface area contributed by atoms with Crippen LogP contribution >= 0.6 is 12.4 Å². The van der Waals surface area contributed by atoms with Crippen molar-refractivity contribution in [3.05, 3.63) is 56.5 Å². The Morgan fingerprint density at radius 1 is 1.11 bits per heavy atom. The average Bonchev–Trinajstić information content (AvgIpc) is 2.81. The van der Waals surface area contributed by atoms with Crippen LogP contribution in [0, 0.1) is 0 Å². The number of nitrogens with zero attached hydrogens (tertiary/aromatic N) is 1. The number of halogens is 1. The summed E-state index contributed by atoms with van der Waals surface area (Å²) in [4.78, 5) is 22.7. The first-order valence-corrected chi connectivity index (χ1v) is 5.52. The Kier molecular flexibility index (Phi) is 3.18. The molecule has 0 saturated heterocycles. The molecular weight excluding hydrogens is 266 g/mol. The summed E-state index contributed by atoms with van der Waals surface area (Å²) in [5.74, 6) is 0. The lowest BCUT2D eigenvalue weighted by molar-refractivity contribution is 1.06. The van der Waals surface area contributed by atoms with Crippen molar-refractivity contribution >= 4 is 29.0 Å². The summed E-state index contributed by atoms with van der Waals surface area (Å²) >= 11 is 0. The van der Waals surface area contributed by atoms with E-state index in [2.05, 4.69) is 0 Å². The van der Waals surface area contributed by atoms with Crippen LogP contribution in [0.15, 0.2) is 40.1 Å². The van der Waals surface area contributed by atoms with Crippen LogP contribution < -0.4 is 22.3 Å². The SMILES string of the molecule is Cl.NCc1ccc2ccn(-c3c(N)c(=O)c3=O)c2c1. The molecule has 0 spiro atoms. The van der Waals surface area contributed by atoms with E-state index >= 15 is 0 Å². The van der Waals surface area contributed by atoms with E-state index in [9.17, 15) is 9.59 Å². The molecule has 2 aromatic carbocycles. The van der Waals surface area contributed by atoms with Crippen molar-refractivity contribution < 1.29 is 0 Å².